The number of ether oxygens (including phenoxy) is 1. The molecular formula is C20H31N5O3. The number of hydrogen-bond donors (Lipinski definition) is 0. The van der Waals surface area contributed by atoms with Crippen molar-refractivity contribution in [1.82, 2.24) is 24.8 Å². The first kappa shape index (κ1) is 20.5. The molecule has 1 fully saturated rings. The van der Waals surface area contributed by atoms with Crippen molar-refractivity contribution in [3.63, 3.8) is 0 Å². The number of piperidine rings is 1. The number of aromatic nitrogens is 3. The van der Waals surface area contributed by atoms with Gasteiger partial charge in [0.05, 0.1) is 12.7 Å². The molecule has 1 amide bonds. The molecule has 1 saturated heterocycles. The maximum Gasteiger partial charge on any atom is 0.276 e. The van der Waals surface area contributed by atoms with Crippen molar-refractivity contribution in [2.75, 3.05) is 33.3 Å². The van der Waals surface area contributed by atoms with Gasteiger partial charge in [0.2, 0.25) is 0 Å². The van der Waals surface area contributed by atoms with E-state index in [2.05, 4.69) is 15.2 Å². The van der Waals surface area contributed by atoms with Gasteiger partial charge in [-0.1, -0.05) is 5.21 Å². The molecule has 3 rings (SSSR count). The molecule has 154 valence electrons. The molecule has 2 aromatic heterocycles. The number of rotatable bonds is 9. The van der Waals surface area contributed by atoms with Crippen molar-refractivity contribution in [1.29, 1.82) is 0 Å². The van der Waals surface area contributed by atoms with E-state index in [1.165, 1.54) is 0 Å². The average Bonchev–Trinajstić information content (AvgIpc) is 3.33. The molecule has 0 aromatic carbocycles. The Balaban J connectivity index is 1.54. The number of hydrogen-bond acceptors (Lipinski definition) is 6. The van der Waals surface area contributed by atoms with Crippen molar-refractivity contribution in [2.24, 2.45) is 5.92 Å². The second-order valence-electron chi connectivity index (χ2n) is 7.35. The van der Waals surface area contributed by atoms with Crippen molar-refractivity contribution in [2.45, 2.75) is 46.4 Å². The second-order valence-corrected chi connectivity index (χ2v) is 7.35. The Labute approximate surface area is 166 Å². The van der Waals surface area contributed by atoms with Crippen LogP contribution in [-0.2, 0) is 24.4 Å². The first-order chi connectivity index (χ1) is 13.6. The van der Waals surface area contributed by atoms with Gasteiger partial charge in [-0.15, -0.1) is 5.10 Å². The molecule has 1 atom stereocenters. The maximum atomic E-state index is 12.4. The van der Waals surface area contributed by atoms with Gasteiger partial charge in [-0.25, -0.2) is 0 Å². The van der Waals surface area contributed by atoms with Crippen LogP contribution in [0, 0.1) is 5.92 Å². The lowest BCUT2D eigenvalue weighted by Crippen LogP contribution is -2.36. The van der Waals surface area contributed by atoms with Crippen LogP contribution in [0.1, 0.15) is 48.7 Å². The van der Waals surface area contributed by atoms with E-state index in [9.17, 15) is 4.79 Å². The summed E-state index contributed by atoms with van der Waals surface area (Å²) in [6, 6.07) is 4.00. The van der Waals surface area contributed by atoms with Crippen LogP contribution in [0.3, 0.4) is 0 Å². The lowest BCUT2D eigenvalue weighted by molar-refractivity contribution is 0.0767. The molecule has 2 aromatic rings. The molecule has 0 aliphatic carbocycles. The summed E-state index contributed by atoms with van der Waals surface area (Å²) < 4.78 is 12.7. The fourth-order valence-corrected chi connectivity index (χ4v) is 3.81. The molecule has 0 N–H and O–H groups in total. The molecule has 28 heavy (non-hydrogen) atoms. The Kier molecular flexibility index (Phi) is 7.22. The number of methoxy groups -OCH3 is 1. The van der Waals surface area contributed by atoms with E-state index in [-0.39, 0.29) is 5.91 Å². The zero-order chi connectivity index (χ0) is 19.9. The first-order valence-electron chi connectivity index (χ1n) is 10.1. The highest BCUT2D eigenvalue weighted by Crippen LogP contribution is 2.21. The van der Waals surface area contributed by atoms with E-state index < -0.39 is 0 Å². The number of carbonyl (C=O) groups excluding carboxylic acids is 1. The summed E-state index contributed by atoms with van der Waals surface area (Å²) >= 11 is 0. The van der Waals surface area contributed by atoms with E-state index in [1.807, 2.05) is 30.7 Å². The van der Waals surface area contributed by atoms with Gasteiger partial charge in [-0.3, -0.25) is 14.4 Å². The third-order valence-electron chi connectivity index (χ3n) is 5.24. The van der Waals surface area contributed by atoms with E-state index in [1.54, 1.807) is 18.2 Å². The molecule has 1 aliphatic rings. The smallest absolute Gasteiger partial charge is 0.276 e. The molecule has 0 saturated carbocycles. The summed E-state index contributed by atoms with van der Waals surface area (Å²) in [6.45, 7) is 9.45. The molecule has 0 unspecified atom stereocenters. The fraction of sp³-hybridized carbons (Fsp3) is 0.650. The normalized spacial score (nSPS) is 17.8. The average molecular weight is 390 g/mol. The first-order valence-corrected chi connectivity index (χ1v) is 10.1. The summed E-state index contributed by atoms with van der Waals surface area (Å²) in [4.78, 5) is 16.6. The Morgan fingerprint density at radius 1 is 1.32 bits per heavy atom. The third kappa shape index (κ3) is 5.20. The Morgan fingerprint density at radius 2 is 2.11 bits per heavy atom. The van der Waals surface area contributed by atoms with Crippen molar-refractivity contribution in [3.8, 4) is 0 Å². The van der Waals surface area contributed by atoms with E-state index in [0.717, 1.165) is 50.5 Å². The Bertz CT molecular complexity index is 753. The van der Waals surface area contributed by atoms with Crippen LogP contribution in [0.15, 0.2) is 22.7 Å². The number of likely N-dealkylation sites (tertiary alicyclic amines) is 1. The molecule has 8 heteroatoms. The largest absolute Gasteiger partial charge is 0.462 e. The predicted octanol–water partition coefficient (Wildman–Crippen LogP) is 2.41. The van der Waals surface area contributed by atoms with Crippen molar-refractivity contribution in [3.05, 3.63) is 35.5 Å². The topological polar surface area (TPSA) is 76.6 Å². The van der Waals surface area contributed by atoms with Crippen LogP contribution in [0.5, 0.6) is 0 Å². The van der Waals surface area contributed by atoms with E-state index >= 15 is 0 Å². The van der Waals surface area contributed by atoms with Crippen molar-refractivity contribution < 1.29 is 13.9 Å². The molecule has 0 spiro atoms. The van der Waals surface area contributed by atoms with Crippen LogP contribution in [0.25, 0.3) is 0 Å². The minimum Gasteiger partial charge on any atom is -0.462 e. The molecular weight excluding hydrogens is 358 g/mol. The monoisotopic (exact) mass is 389 g/mol. The zero-order valence-corrected chi connectivity index (χ0v) is 17.1. The van der Waals surface area contributed by atoms with Gasteiger partial charge < -0.3 is 14.1 Å². The lowest BCUT2D eigenvalue weighted by Gasteiger charge is -2.31. The highest BCUT2D eigenvalue weighted by atomic mass is 16.5. The van der Waals surface area contributed by atoms with Crippen LogP contribution < -0.4 is 0 Å². The second kappa shape index (κ2) is 9.84. The Morgan fingerprint density at radius 3 is 2.86 bits per heavy atom. The Hall–Kier alpha value is -2.19. The minimum atomic E-state index is -0.0498. The summed E-state index contributed by atoms with van der Waals surface area (Å²) in [5, 5.41) is 8.27. The van der Waals surface area contributed by atoms with Gasteiger partial charge in [-0.2, -0.15) is 0 Å². The van der Waals surface area contributed by atoms with Gasteiger partial charge in [0.25, 0.3) is 5.91 Å². The van der Waals surface area contributed by atoms with Crippen molar-refractivity contribution >= 4 is 5.91 Å². The van der Waals surface area contributed by atoms with Gasteiger partial charge in [0.15, 0.2) is 5.69 Å². The third-order valence-corrected chi connectivity index (χ3v) is 5.24. The zero-order valence-electron chi connectivity index (χ0n) is 17.1. The molecule has 0 radical (unpaired) electrons. The highest BCUT2D eigenvalue weighted by Gasteiger charge is 2.23. The molecule has 0 bridgehead atoms. The van der Waals surface area contributed by atoms with Gasteiger partial charge in [-0.05, 0) is 51.3 Å². The summed E-state index contributed by atoms with van der Waals surface area (Å²) in [6.07, 6.45) is 4.09. The fourth-order valence-electron chi connectivity index (χ4n) is 3.81. The van der Waals surface area contributed by atoms with Crippen LogP contribution >= 0.6 is 0 Å². The molecule has 8 nitrogen and oxygen atoms in total. The maximum absolute atomic E-state index is 12.4. The van der Waals surface area contributed by atoms with E-state index in [4.69, 9.17) is 9.15 Å². The highest BCUT2D eigenvalue weighted by molar-refractivity contribution is 5.91. The van der Waals surface area contributed by atoms with E-state index in [0.29, 0.717) is 31.3 Å². The molecule has 1 aliphatic heterocycles. The number of nitrogens with zero attached hydrogens (tertiary/aromatic N) is 5. The molecule has 3 heterocycles. The standard InChI is InChI=1S/C20H31N5O3/c1-4-24(5-2)20(26)19-14-25(22-21-19)12-16-7-6-10-23(11-16)13-17-8-9-18(28-17)15-27-3/h8-9,14,16H,4-7,10-13,15H2,1-3H3/t16-/m0/s1. The summed E-state index contributed by atoms with van der Waals surface area (Å²) in [7, 11) is 1.67. The van der Waals surface area contributed by atoms with Crippen LogP contribution in [0.4, 0.5) is 0 Å². The van der Waals surface area contributed by atoms with Crippen LogP contribution in [-0.4, -0.2) is 64.0 Å². The van der Waals surface area contributed by atoms with Gasteiger partial charge in [0, 0.05) is 33.3 Å². The quantitative estimate of drug-likeness (QED) is 0.655. The van der Waals surface area contributed by atoms with Crippen LogP contribution in [0.2, 0.25) is 0 Å². The predicted molar refractivity (Wildman–Crippen MR) is 105 cm³/mol. The minimum absolute atomic E-state index is 0.0498. The van der Waals surface area contributed by atoms with Gasteiger partial charge >= 0.3 is 0 Å². The number of carbonyl (C=O) groups is 1. The number of furan rings is 1. The summed E-state index contributed by atoms with van der Waals surface area (Å²) in [5.41, 5.74) is 0.428. The van der Waals surface area contributed by atoms with Gasteiger partial charge in [0.1, 0.15) is 18.1 Å². The number of amides is 1. The SMILES string of the molecule is CCN(CC)C(=O)c1cn(C[C@H]2CCCN(Cc3ccc(COC)o3)C2)nn1. The lowest BCUT2D eigenvalue weighted by atomic mass is 9.98. The summed E-state index contributed by atoms with van der Waals surface area (Å²) in [5.74, 6) is 2.27.